The van der Waals surface area contributed by atoms with Crippen molar-refractivity contribution in [2.45, 2.75) is 147 Å². The fraction of sp³-hybridized carbons (Fsp3) is 1.00. The molecule has 57 heavy (non-hydrogen) atoms. The molecule has 0 spiro atoms. The van der Waals surface area contributed by atoms with Gasteiger partial charge in [-0.3, -0.25) is 60.7 Å². The largest absolute Gasteiger partial charge is 0.286 e. The molecule has 5 aliphatic heterocycles. The van der Waals surface area contributed by atoms with Gasteiger partial charge in [-0.25, -0.2) is 0 Å². The van der Waals surface area contributed by atoms with Crippen molar-refractivity contribution in [3.05, 3.63) is 0 Å². The van der Waals surface area contributed by atoms with E-state index in [4.69, 9.17) is 0 Å². The van der Waals surface area contributed by atoms with Gasteiger partial charge < -0.3 is 0 Å². The van der Waals surface area contributed by atoms with Crippen LogP contribution in [0.3, 0.4) is 0 Å². The summed E-state index contributed by atoms with van der Waals surface area (Å²) in [5.41, 5.74) is 0. The molecule has 20 unspecified atom stereocenters. The van der Waals surface area contributed by atoms with Crippen molar-refractivity contribution in [3.63, 3.8) is 0 Å². The van der Waals surface area contributed by atoms with Crippen LogP contribution in [0, 0.1) is 47.3 Å². The van der Waals surface area contributed by atoms with Gasteiger partial charge in [-0.2, -0.15) is 33.7 Å². The summed E-state index contributed by atoms with van der Waals surface area (Å²) in [6.07, 6.45) is 7.44. The average Bonchev–Trinajstić information content (AvgIpc) is 3.84. The molecule has 8 bridgehead atoms. The molecule has 9 rings (SSSR count). The molecule has 5 saturated heterocycles. The Hall–Kier alpha value is -0.174. The Morgan fingerprint density at radius 1 is 0.298 bits per heavy atom. The van der Waals surface area contributed by atoms with E-state index in [1.165, 1.54) is 0 Å². The van der Waals surface area contributed by atoms with Crippen LogP contribution in [-0.4, -0.2) is 122 Å². The van der Waals surface area contributed by atoms with Crippen molar-refractivity contribution in [2.75, 3.05) is 0 Å². The Bertz CT molecular complexity index is 1850. The Balaban J connectivity index is 0.00000455. The van der Waals surface area contributed by atoms with Crippen LogP contribution in [0.4, 0.5) is 0 Å². The average molecular weight is 932 g/mol. The molecule has 0 aromatic rings. The Morgan fingerprint density at radius 3 is 0.667 bits per heavy atom. The topological polar surface area (TPSA) is 314 Å². The molecular formula is C32H56CoN8O12S4. The van der Waals surface area contributed by atoms with Gasteiger partial charge in [0.25, 0.3) is 40.5 Å². The molecule has 25 heteroatoms. The summed E-state index contributed by atoms with van der Waals surface area (Å²) in [5, 5.41) is 17.7. The Labute approximate surface area is 344 Å². The van der Waals surface area contributed by atoms with Crippen LogP contribution < -0.4 is 42.5 Å². The second-order valence-corrected chi connectivity index (χ2v) is 24.4. The third kappa shape index (κ3) is 7.71. The van der Waals surface area contributed by atoms with Crippen molar-refractivity contribution in [1.29, 1.82) is 0 Å². The predicted octanol–water partition coefficient (Wildman–Crippen LogP) is -1.93. The normalized spacial score (nSPS) is 50.2. The fourth-order valence-electron chi connectivity index (χ4n) is 13.4. The molecule has 329 valence electrons. The third-order valence-corrected chi connectivity index (χ3v) is 21.0. The minimum atomic E-state index is -5.87. The van der Waals surface area contributed by atoms with Crippen molar-refractivity contribution in [3.8, 4) is 0 Å². The van der Waals surface area contributed by atoms with Gasteiger partial charge in [-0.05, 0) is 74.0 Å². The van der Waals surface area contributed by atoms with Crippen LogP contribution in [-0.2, 0) is 57.3 Å². The van der Waals surface area contributed by atoms with Gasteiger partial charge in [0.1, 0.15) is 21.0 Å². The van der Waals surface area contributed by atoms with Crippen molar-refractivity contribution < 1.29 is 68.7 Å². The van der Waals surface area contributed by atoms with Gasteiger partial charge >= 0.3 is 0 Å². The van der Waals surface area contributed by atoms with Crippen LogP contribution in [0.2, 0.25) is 0 Å². The summed E-state index contributed by atoms with van der Waals surface area (Å²) in [6, 6.07) is 0. The molecular weight excluding hydrogens is 876 g/mol. The summed E-state index contributed by atoms with van der Waals surface area (Å²) < 4.78 is 149. The van der Waals surface area contributed by atoms with E-state index in [2.05, 4.69) is 42.5 Å². The predicted molar refractivity (Wildman–Crippen MR) is 200 cm³/mol. The van der Waals surface area contributed by atoms with E-state index in [1.807, 2.05) is 0 Å². The summed E-state index contributed by atoms with van der Waals surface area (Å²) >= 11 is 0. The van der Waals surface area contributed by atoms with Gasteiger partial charge in [0.15, 0.2) is 0 Å². The first-order valence-electron chi connectivity index (χ1n) is 20.2. The quantitative estimate of drug-likeness (QED) is 0.137. The van der Waals surface area contributed by atoms with Gasteiger partial charge in [0.2, 0.25) is 0 Å². The number of rotatable bonds is 4. The molecule has 0 aromatic carbocycles. The molecule has 4 saturated carbocycles. The molecule has 20 atom stereocenters. The van der Waals surface area contributed by atoms with Gasteiger partial charge in [0.05, 0.1) is 49.3 Å². The zero-order valence-electron chi connectivity index (χ0n) is 31.1. The van der Waals surface area contributed by atoms with E-state index in [0.29, 0.717) is 11.8 Å². The molecule has 5 heterocycles. The standard InChI is InChI=1S/C32H56N8O12S4.Co/c41-53(42,43)21-19-20(22(54(44,45)46)24(56(50,51)52)23(21)55(47,48)49)32-39-30-18-12-6-4-10-16(18)28(37-30)35-26-14-8-2-1-7-13(14)25(33-26)34-27-15-9-3-5-11-17(15)29(36-27)38-31(19)40-32;/h13-40H,1-12H2,(H,41,42,43)(H,44,45,46)(H,47,48,49)(H,50,51,52);. The van der Waals surface area contributed by atoms with Crippen LogP contribution in [0.15, 0.2) is 0 Å². The van der Waals surface area contributed by atoms with Crippen LogP contribution in [0.5, 0.6) is 0 Å². The van der Waals surface area contributed by atoms with E-state index in [1.54, 1.807) is 0 Å². The van der Waals surface area contributed by atoms with E-state index in [0.717, 1.165) is 77.0 Å². The molecule has 20 nitrogen and oxygen atoms in total. The summed E-state index contributed by atoms with van der Waals surface area (Å²) in [7, 11) is -23.0. The minimum Gasteiger partial charge on any atom is -0.286 e. The van der Waals surface area contributed by atoms with Crippen molar-refractivity contribution in [1.82, 2.24) is 42.5 Å². The Morgan fingerprint density at radius 2 is 0.474 bits per heavy atom. The number of nitrogens with one attached hydrogen (secondary N) is 8. The first kappa shape index (κ1) is 43.5. The Kier molecular flexibility index (Phi) is 11.9. The monoisotopic (exact) mass is 931 g/mol. The molecule has 12 N–H and O–H groups in total. The number of hydrogen-bond acceptors (Lipinski definition) is 16. The molecule has 0 aromatic heterocycles. The molecule has 1 radical (unpaired) electrons. The zero-order valence-corrected chi connectivity index (χ0v) is 35.4. The fourth-order valence-corrected chi connectivity index (χ4v) is 20.7. The van der Waals surface area contributed by atoms with E-state index in [-0.39, 0.29) is 65.1 Å². The van der Waals surface area contributed by atoms with Crippen LogP contribution in [0.25, 0.3) is 0 Å². The summed E-state index contributed by atoms with van der Waals surface area (Å²) in [5.74, 6) is -2.57. The molecule has 9 aliphatic rings. The van der Waals surface area contributed by atoms with Gasteiger partial charge in [-0.15, -0.1) is 0 Å². The molecule has 0 amide bonds. The smallest absolute Gasteiger partial charge is 0.270 e. The molecule has 9 fully saturated rings. The number of fused-ring (bicyclic) bond motifs is 20. The zero-order chi connectivity index (χ0) is 39.7. The van der Waals surface area contributed by atoms with Crippen molar-refractivity contribution >= 4 is 40.5 Å². The summed E-state index contributed by atoms with van der Waals surface area (Å²) in [4.78, 5) is 0. The van der Waals surface area contributed by atoms with E-state index >= 15 is 0 Å². The van der Waals surface area contributed by atoms with Crippen LogP contribution >= 0.6 is 0 Å². The first-order valence-corrected chi connectivity index (χ1v) is 26.3. The molecule has 4 aliphatic carbocycles. The third-order valence-electron chi connectivity index (χ3n) is 15.4. The van der Waals surface area contributed by atoms with Crippen molar-refractivity contribution in [2.24, 2.45) is 47.3 Å². The van der Waals surface area contributed by atoms with Gasteiger partial charge in [0, 0.05) is 28.6 Å². The first-order chi connectivity index (χ1) is 26.3. The number of hydrogen-bond donors (Lipinski definition) is 12. The van der Waals surface area contributed by atoms with E-state index in [9.17, 15) is 51.9 Å². The maximum absolute atomic E-state index is 13.4. The second kappa shape index (κ2) is 15.6. The van der Waals surface area contributed by atoms with Crippen LogP contribution in [0.1, 0.15) is 77.0 Å². The maximum Gasteiger partial charge on any atom is 0.270 e. The minimum absolute atomic E-state index is 0. The van der Waals surface area contributed by atoms with Gasteiger partial charge in [-0.1, -0.05) is 38.5 Å². The second-order valence-electron chi connectivity index (χ2n) is 18.1. The maximum atomic E-state index is 13.4. The summed E-state index contributed by atoms with van der Waals surface area (Å²) in [6.45, 7) is 0. The van der Waals surface area contributed by atoms with E-state index < -0.39 is 98.0 Å². The SMILES string of the molecule is O=S(=O)(O)C1C2C3NC4NC(NC5NC(NC6NC(NC(N3)C2C(S(=O)(=O)O)C(S(=O)(=O)O)C1S(=O)(=O)O)C1CCCCC61)C1CCCCC51)C1CCCCC41.[Co].